The molecular formula is C18H25NO4. The van der Waals surface area contributed by atoms with Gasteiger partial charge in [0.1, 0.15) is 5.75 Å². The van der Waals surface area contributed by atoms with E-state index < -0.39 is 11.9 Å². The zero-order chi connectivity index (χ0) is 16.8. The van der Waals surface area contributed by atoms with Crippen molar-refractivity contribution < 1.29 is 19.4 Å². The minimum absolute atomic E-state index is 0.0779. The number of carboxylic acids is 1. The van der Waals surface area contributed by atoms with E-state index in [1.165, 1.54) is 5.56 Å². The highest BCUT2D eigenvalue weighted by atomic mass is 16.5. The molecule has 0 saturated heterocycles. The van der Waals surface area contributed by atoms with E-state index in [-0.39, 0.29) is 11.9 Å². The highest BCUT2D eigenvalue weighted by Gasteiger charge is 2.33. The number of hydrogen-bond acceptors (Lipinski definition) is 3. The lowest BCUT2D eigenvalue weighted by Crippen LogP contribution is -2.38. The van der Waals surface area contributed by atoms with Crippen molar-refractivity contribution in [3.63, 3.8) is 0 Å². The van der Waals surface area contributed by atoms with Crippen LogP contribution in [0.4, 0.5) is 0 Å². The molecule has 23 heavy (non-hydrogen) atoms. The van der Waals surface area contributed by atoms with Crippen LogP contribution < -0.4 is 4.74 Å². The molecule has 1 aliphatic rings. The first-order chi connectivity index (χ1) is 11.0. The molecule has 1 aromatic rings. The first-order valence-electron chi connectivity index (χ1n) is 8.16. The van der Waals surface area contributed by atoms with E-state index in [1.807, 2.05) is 24.3 Å². The molecule has 0 bridgehead atoms. The second-order valence-corrected chi connectivity index (χ2v) is 6.22. The number of rotatable bonds is 9. The fourth-order valence-corrected chi connectivity index (χ4v) is 2.59. The summed E-state index contributed by atoms with van der Waals surface area (Å²) < 4.78 is 5.12. The molecule has 1 aromatic carbocycles. The van der Waals surface area contributed by atoms with Crippen LogP contribution in [0.3, 0.4) is 0 Å². The van der Waals surface area contributed by atoms with Crippen LogP contribution in [0.25, 0.3) is 0 Å². The van der Waals surface area contributed by atoms with Crippen LogP contribution in [0.15, 0.2) is 24.3 Å². The smallest absolute Gasteiger partial charge is 0.308 e. The number of hydrogen-bond donors (Lipinski definition) is 1. The number of amides is 1. The molecule has 1 unspecified atom stereocenters. The second-order valence-electron chi connectivity index (χ2n) is 6.22. The van der Waals surface area contributed by atoms with E-state index >= 15 is 0 Å². The molecule has 1 N–H and O–H groups in total. The lowest BCUT2D eigenvalue weighted by Gasteiger charge is -2.24. The molecule has 1 atom stereocenters. The Morgan fingerprint density at radius 1 is 1.30 bits per heavy atom. The first-order valence-corrected chi connectivity index (χ1v) is 8.16. The minimum Gasteiger partial charge on any atom is -0.497 e. The first kappa shape index (κ1) is 17.3. The van der Waals surface area contributed by atoms with Crippen LogP contribution >= 0.6 is 0 Å². The molecule has 0 aliphatic heterocycles. The van der Waals surface area contributed by atoms with Gasteiger partial charge in [0.2, 0.25) is 5.91 Å². The molecule has 2 rings (SSSR count). The van der Waals surface area contributed by atoms with Crippen molar-refractivity contribution in [1.82, 2.24) is 4.90 Å². The third-order valence-electron chi connectivity index (χ3n) is 4.22. The quantitative estimate of drug-likeness (QED) is 0.760. The van der Waals surface area contributed by atoms with Crippen LogP contribution in [0.2, 0.25) is 0 Å². The predicted molar refractivity (Wildman–Crippen MR) is 87.5 cm³/mol. The lowest BCUT2D eigenvalue weighted by atomic mass is 10.1. The third-order valence-corrected chi connectivity index (χ3v) is 4.22. The maximum Gasteiger partial charge on any atom is 0.308 e. The Labute approximate surface area is 137 Å². The molecule has 1 saturated carbocycles. The van der Waals surface area contributed by atoms with Gasteiger partial charge in [-0.3, -0.25) is 9.59 Å². The third kappa shape index (κ3) is 5.27. The summed E-state index contributed by atoms with van der Waals surface area (Å²) in [6, 6.07) is 8.11. The van der Waals surface area contributed by atoms with Crippen molar-refractivity contribution >= 4 is 11.9 Å². The van der Waals surface area contributed by atoms with E-state index in [2.05, 4.69) is 0 Å². The standard InChI is InChI=1S/C18H25NO4/c1-13(18(21)22)12-19(15-8-9-15)17(20)5-3-4-14-6-10-16(23-2)11-7-14/h6-7,10-11,13,15H,3-5,8-9,12H2,1-2H3,(H,21,22). The molecule has 1 aliphatic carbocycles. The van der Waals surface area contributed by atoms with E-state index in [0.29, 0.717) is 13.0 Å². The van der Waals surface area contributed by atoms with Crippen molar-refractivity contribution in [2.75, 3.05) is 13.7 Å². The minimum atomic E-state index is -0.846. The molecule has 5 nitrogen and oxygen atoms in total. The Morgan fingerprint density at radius 2 is 1.96 bits per heavy atom. The fraction of sp³-hybridized carbons (Fsp3) is 0.556. The summed E-state index contributed by atoms with van der Waals surface area (Å²) in [4.78, 5) is 25.2. The Morgan fingerprint density at radius 3 is 2.48 bits per heavy atom. The Balaban J connectivity index is 1.80. The van der Waals surface area contributed by atoms with Gasteiger partial charge in [-0.15, -0.1) is 0 Å². The molecule has 5 heteroatoms. The lowest BCUT2D eigenvalue weighted by molar-refractivity contribution is -0.143. The van der Waals surface area contributed by atoms with Crippen LogP contribution in [0.1, 0.15) is 38.2 Å². The molecule has 1 fully saturated rings. The number of aliphatic carboxylic acids is 1. The number of nitrogens with zero attached hydrogens (tertiary/aromatic N) is 1. The number of carbonyl (C=O) groups is 2. The molecule has 0 radical (unpaired) electrons. The van der Waals surface area contributed by atoms with Crippen LogP contribution in [-0.2, 0) is 16.0 Å². The van der Waals surface area contributed by atoms with E-state index in [4.69, 9.17) is 9.84 Å². The number of aryl methyl sites for hydroxylation is 1. The van der Waals surface area contributed by atoms with Crippen molar-refractivity contribution in [3.8, 4) is 5.75 Å². The molecule has 126 valence electrons. The highest BCUT2D eigenvalue weighted by Crippen LogP contribution is 2.28. The summed E-state index contributed by atoms with van der Waals surface area (Å²) >= 11 is 0. The van der Waals surface area contributed by atoms with Gasteiger partial charge < -0.3 is 14.7 Å². The number of carbonyl (C=O) groups excluding carboxylic acids is 1. The van der Waals surface area contributed by atoms with Gasteiger partial charge >= 0.3 is 5.97 Å². The summed E-state index contributed by atoms with van der Waals surface area (Å²) in [5, 5.41) is 9.03. The van der Waals surface area contributed by atoms with Gasteiger partial charge in [-0.1, -0.05) is 19.1 Å². The predicted octanol–water partition coefficient (Wildman–Crippen LogP) is 2.73. The van der Waals surface area contributed by atoms with Crippen LogP contribution in [0, 0.1) is 5.92 Å². The van der Waals surface area contributed by atoms with E-state index in [0.717, 1.165) is 31.4 Å². The number of benzene rings is 1. The van der Waals surface area contributed by atoms with Crippen molar-refractivity contribution in [3.05, 3.63) is 29.8 Å². The molecule has 0 spiro atoms. The largest absolute Gasteiger partial charge is 0.497 e. The average Bonchev–Trinajstić information content (AvgIpc) is 3.37. The normalized spacial score (nSPS) is 15.0. The second kappa shape index (κ2) is 7.99. The molecular weight excluding hydrogens is 294 g/mol. The topological polar surface area (TPSA) is 66.8 Å². The van der Waals surface area contributed by atoms with Crippen molar-refractivity contribution in [2.24, 2.45) is 5.92 Å². The SMILES string of the molecule is COc1ccc(CCCC(=O)N(CC(C)C(=O)O)C2CC2)cc1. The summed E-state index contributed by atoms with van der Waals surface area (Å²) in [6.45, 7) is 1.98. The van der Waals surface area contributed by atoms with Crippen LogP contribution in [0.5, 0.6) is 5.75 Å². The number of carboxylic acid groups (broad SMARTS) is 1. The summed E-state index contributed by atoms with van der Waals surface area (Å²) in [7, 11) is 1.64. The Hall–Kier alpha value is -2.04. The van der Waals surface area contributed by atoms with Gasteiger partial charge in [0, 0.05) is 19.0 Å². The Bertz CT molecular complexity index is 536. The summed E-state index contributed by atoms with van der Waals surface area (Å²) in [5.74, 6) is -0.454. The summed E-state index contributed by atoms with van der Waals surface area (Å²) in [6.07, 6.45) is 4.07. The molecule has 0 aromatic heterocycles. The Kier molecular flexibility index (Phi) is 6.02. The van der Waals surface area contributed by atoms with Gasteiger partial charge in [0.15, 0.2) is 0 Å². The van der Waals surface area contributed by atoms with Crippen LogP contribution in [-0.4, -0.2) is 41.6 Å². The molecule has 0 heterocycles. The molecule has 1 amide bonds. The average molecular weight is 319 g/mol. The highest BCUT2D eigenvalue weighted by molar-refractivity contribution is 5.78. The van der Waals surface area contributed by atoms with E-state index in [1.54, 1.807) is 18.9 Å². The van der Waals surface area contributed by atoms with E-state index in [9.17, 15) is 9.59 Å². The van der Waals surface area contributed by atoms with Gasteiger partial charge in [-0.25, -0.2) is 0 Å². The number of ether oxygens (including phenoxy) is 1. The van der Waals surface area contributed by atoms with Crippen molar-refractivity contribution in [2.45, 2.75) is 45.1 Å². The maximum absolute atomic E-state index is 12.4. The van der Waals surface area contributed by atoms with Gasteiger partial charge in [-0.2, -0.15) is 0 Å². The number of methoxy groups -OCH3 is 1. The van der Waals surface area contributed by atoms with Gasteiger partial charge in [0.05, 0.1) is 13.0 Å². The monoisotopic (exact) mass is 319 g/mol. The van der Waals surface area contributed by atoms with Gasteiger partial charge in [0.25, 0.3) is 0 Å². The zero-order valence-electron chi connectivity index (χ0n) is 13.8. The van der Waals surface area contributed by atoms with Gasteiger partial charge in [-0.05, 0) is 43.4 Å². The zero-order valence-corrected chi connectivity index (χ0v) is 13.8. The maximum atomic E-state index is 12.4. The van der Waals surface area contributed by atoms with Crippen molar-refractivity contribution in [1.29, 1.82) is 0 Å². The fourth-order valence-electron chi connectivity index (χ4n) is 2.59. The summed E-state index contributed by atoms with van der Waals surface area (Å²) in [5.41, 5.74) is 1.18.